The highest BCUT2D eigenvalue weighted by molar-refractivity contribution is 5.27. The third-order valence-corrected chi connectivity index (χ3v) is 2.14. The molecule has 0 radical (unpaired) electrons. The van der Waals surface area contributed by atoms with Gasteiger partial charge >= 0.3 is 6.18 Å². The van der Waals surface area contributed by atoms with Gasteiger partial charge in [-0.3, -0.25) is 0 Å². The van der Waals surface area contributed by atoms with Crippen molar-refractivity contribution in [2.24, 2.45) is 0 Å². The van der Waals surface area contributed by atoms with Gasteiger partial charge in [0.2, 0.25) is 0 Å². The van der Waals surface area contributed by atoms with Crippen molar-refractivity contribution in [1.29, 1.82) is 0 Å². The van der Waals surface area contributed by atoms with Crippen LogP contribution in [0.15, 0.2) is 24.3 Å². The normalized spacial score (nSPS) is 11.6. The van der Waals surface area contributed by atoms with Crippen molar-refractivity contribution in [3.8, 4) is 5.75 Å². The van der Waals surface area contributed by atoms with Gasteiger partial charge in [0.25, 0.3) is 0 Å². The molecule has 3 nitrogen and oxygen atoms in total. The average molecular weight is 263 g/mol. The number of alkyl halides is 3. The van der Waals surface area contributed by atoms with E-state index in [1.807, 2.05) is 0 Å². The Morgan fingerprint density at radius 3 is 2.39 bits per heavy atom. The average Bonchev–Trinajstić information content (AvgIpc) is 2.33. The van der Waals surface area contributed by atoms with Crippen molar-refractivity contribution in [2.75, 3.05) is 26.9 Å². The van der Waals surface area contributed by atoms with Gasteiger partial charge in [0.15, 0.2) is 6.61 Å². The number of benzene rings is 1. The largest absolute Gasteiger partial charge is 0.484 e. The molecule has 18 heavy (non-hydrogen) atoms. The van der Waals surface area contributed by atoms with Crippen LogP contribution in [0.1, 0.15) is 5.56 Å². The second-order valence-electron chi connectivity index (χ2n) is 3.72. The Labute approximate surface area is 104 Å². The molecule has 6 heteroatoms. The van der Waals surface area contributed by atoms with Crippen molar-refractivity contribution >= 4 is 0 Å². The maximum Gasteiger partial charge on any atom is 0.422 e. The summed E-state index contributed by atoms with van der Waals surface area (Å²) in [4.78, 5) is 0. The van der Waals surface area contributed by atoms with Gasteiger partial charge < -0.3 is 14.8 Å². The molecule has 0 saturated heterocycles. The van der Waals surface area contributed by atoms with E-state index in [0.29, 0.717) is 13.2 Å². The first-order valence-electron chi connectivity index (χ1n) is 5.49. The maximum atomic E-state index is 11.9. The maximum absolute atomic E-state index is 11.9. The molecule has 1 rings (SSSR count). The van der Waals surface area contributed by atoms with Gasteiger partial charge in [0.05, 0.1) is 6.61 Å². The summed E-state index contributed by atoms with van der Waals surface area (Å²) in [6.45, 7) is 0.719. The fraction of sp³-hybridized carbons (Fsp3) is 0.500. The molecule has 0 heterocycles. The molecule has 1 N–H and O–H groups in total. The first kappa shape index (κ1) is 14.8. The first-order chi connectivity index (χ1) is 8.51. The smallest absolute Gasteiger partial charge is 0.422 e. The summed E-state index contributed by atoms with van der Waals surface area (Å²) in [6, 6.07) is 6.51. The van der Waals surface area contributed by atoms with Crippen LogP contribution < -0.4 is 10.1 Å². The molecule has 1 aromatic carbocycles. The molecular formula is C12H16F3NO2. The van der Waals surface area contributed by atoms with E-state index >= 15 is 0 Å². The minimum atomic E-state index is -4.31. The Morgan fingerprint density at radius 1 is 1.17 bits per heavy atom. The van der Waals surface area contributed by atoms with E-state index in [2.05, 4.69) is 10.1 Å². The molecule has 0 fully saturated rings. The summed E-state index contributed by atoms with van der Waals surface area (Å²) in [5.41, 5.74) is 0.977. The number of ether oxygens (including phenoxy) is 2. The molecule has 0 atom stereocenters. The molecule has 0 unspecified atom stereocenters. The van der Waals surface area contributed by atoms with E-state index < -0.39 is 12.8 Å². The molecule has 0 aliphatic carbocycles. The van der Waals surface area contributed by atoms with E-state index in [0.717, 1.165) is 12.1 Å². The van der Waals surface area contributed by atoms with E-state index in [9.17, 15) is 13.2 Å². The second kappa shape index (κ2) is 7.23. The summed E-state index contributed by atoms with van der Waals surface area (Å²) in [7, 11) is 1.62. The third-order valence-electron chi connectivity index (χ3n) is 2.14. The molecule has 102 valence electrons. The lowest BCUT2D eigenvalue weighted by Crippen LogP contribution is -2.19. The van der Waals surface area contributed by atoms with Crippen LogP contribution in [-0.4, -0.2) is 33.0 Å². The molecule has 0 amide bonds. The number of nitrogens with one attached hydrogen (secondary N) is 1. The molecule has 0 bridgehead atoms. The number of halogens is 3. The van der Waals surface area contributed by atoms with E-state index in [-0.39, 0.29) is 5.75 Å². The molecule has 0 aliphatic heterocycles. The van der Waals surface area contributed by atoms with Gasteiger partial charge in [-0.25, -0.2) is 0 Å². The Hall–Kier alpha value is -1.27. The fourth-order valence-corrected chi connectivity index (χ4v) is 1.28. The van der Waals surface area contributed by atoms with Crippen LogP contribution in [0.3, 0.4) is 0 Å². The lowest BCUT2D eigenvalue weighted by molar-refractivity contribution is -0.153. The number of rotatable bonds is 7. The van der Waals surface area contributed by atoms with Gasteiger partial charge in [0.1, 0.15) is 5.75 Å². The van der Waals surface area contributed by atoms with Crippen LogP contribution in [0.2, 0.25) is 0 Å². The molecule has 0 spiro atoms. The predicted octanol–water partition coefficient (Wildman–Crippen LogP) is 2.36. The van der Waals surface area contributed by atoms with Gasteiger partial charge in [-0.05, 0) is 17.7 Å². The third kappa shape index (κ3) is 6.46. The van der Waals surface area contributed by atoms with Crippen molar-refractivity contribution < 1.29 is 22.6 Å². The first-order valence-corrected chi connectivity index (χ1v) is 5.49. The van der Waals surface area contributed by atoms with E-state index in [4.69, 9.17) is 4.74 Å². The van der Waals surface area contributed by atoms with Crippen molar-refractivity contribution in [3.63, 3.8) is 0 Å². The summed E-state index contributed by atoms with van der Waals surface area (Å²) in [6.07, 6.45) is -4.31. The molecule has 1 aromatic rings. The summed E-state index contributed by atoms with van der Waals surface area (Å²) >= 11 is 0. The molecule has 0 aliphatic rings. The Morgan fingerprint density at radius 2 is 1.83 bits per heavy atom. The van der Waals surface area contributed by atoms with Crippen molar-refractivity contribution in [3.05, 3.63) is 29.8 Å². The molecule has 0 saturated carbocycles. The Bertz CT molecular complexity index is 338. The Balaban J connectivity index is 2.33. The number of hydrogen-bond acceptors (Lipinski definition) is 3. The highest BCUT2D eigenvalue weighted by Crippen LogP contribution is 2.18. The quantitative estimate of drug-likeness (QED) is 0.766. The topological polar surface area (TPSA) is 30.5 Å². The zero-order valence-electron chi connectivity index (χ0n) is 10.1. The van der Waals surface area contributed by atoms with Crippen LogP contribution in [0.25, 0.3) is 0 Å². The van der Waals surface area contributed by atoms with Gasteiger partial charge in [0, 0.05) is 20.2 Å². The van der Waals surface area contributed by atoms with Crippen molar-refractivity contribution in [2.45, 2.75) is 12.7 Å². The van der Waals surface area contributed by atoms with Crippen LogP contribution in [0, 0.1) is 0 Å². The van der Waals surface area contributed by atoms with Crippen molar-refractivity contribution in [1.82, 2.24) is 5.32 Å². The van der Waals surface area contributed by atoms with Gasteiger partial charge in [-0.2, -0.15) is 13.2 Å². The highest BCUT2D eigenvalue weighted by Gasteiger charge is 2.28. The van der Waals surface area contributed by atoms with Gasteiger partial charge in [-0.1, -0.05) is 12.1 Å². The van der Waals surface area contributed by atoms with Gasteiger partial charge in [-0.15, -0.1) is 0 Å². The summed E-state index contributed by atoms with van der Waals surface area (Å²) in [5.74, 6) is 0.216. The SMILES string of the molecule is COCCNCc1ccc(OCC(F)(F)F)cc1. The zero-order chi connectivity index (χ0) is 13.4. The van der Waals surface area contributed by atoms with E-state index in [1.54, 1.807) is 19.2 Å². The number of hydrogen-bond donors (Lipinski definition) is 1. The lowest BCUT2D eigenvalue weighted by atomic mass is 10.2. The minimum absolute atomic E-state index is 0.216. The summed E-state index contributed by atoms with van der Waals surface area (Å²) < 4.78 is 45.2. The lowest BCUT2D eigenvalue weighted by Gasteiger charge is -2.09. The monoisotopic (exact) mass is 263 g/mol. The minimum Gasteiger partial charge on any atom is -0.484 e. The second-order valence-corrected chi connectivity index (χ2v) is 3.72. The predicted molar refractivity (Wildman–Crippen MR) is 61.6 cm³/mol. The zero-order valence-corrected chi connectivity index (χ0v) is 10.1. The molecule has 0 aromatic heterocycles. The van der Waals surface area contributed by atoms with E-state index in [1.165, 1.54) is 12.1 Å². The number of methoxy groups -OCH3 is 1. The van der Waals surface area contributed by atoms with Crippen LogP contribution in [0.5, 0.6) is 5.75 Å². The van der Waals surface area contributed by atoms with Crippen LogP contribution in [-0.2, 0) is 11.3 Å². The Kier molecular flexibility index (Phi) is 5.94. The summed E-state index contributed by atoms with van der Waals surface area (Å²) in [5, 5.41) is 3.13. The molecular weight excluding hydrogens is 247 g/mol. The van der Waals surface area contributed by atoms with Crippen LogP contribution >= 0.6 is 0 Å². The van der Waals surface area contributed by atoms with Crippen LogP contribution in [0.4, 0.5) is 13.2 Å². The highest BCUT2D eigenvalue weighted by atomic mass is 19.4. The fourth-order valence-electron chi connectivity index (χ4n) is 1.28. The standard InChI is InChI=1S/C12H16F3NO2/c1-17-7-6-16-8-10-2-4-11(5-3-10)18-9-12(13,14)15/h2-5,16H,6-9H2,1H3.